The van der Waals surface area contributed by atoms with Crippen LogP contribution in [0.2, 0.25) is 0 Å². The van der Waals surface area contributed by atoms with Gasteiger partial charge in [0.15, 0.2) is 5.96 Å². The largest absolute Gasteiger partial charge is 0.457 e. The summed E-state index contributed by atoms with van der Waals surface area (Å²) in [5.74, 6) is 2.47. The van der Waals surface area contributed by atoms with E-state index < -0.39 is 0 Å². The highest BCUT2D eigenvalue weighted by molar-refractivity contribution is 14.0. The molecule has 1 heterocycles. The third kappa shape index (κ3) is 6.10. The molecular weight excluding hydrogens is 453 g/mol. The molecule has 0 atom stereocenters. The highest BCUT2D eigenvalue weighted by atomic mass is 127. The van der Waals surface area contributed by atoms with Crippen LogP contribution in [-0.2, 0) is 11.3 Å². The molecule has 0 amide bonds. The van der Waals surface area contributed by atoms with E-state index in [1.165, 1.54) is 5.56 Å². The van der Waals surface area contributed by atoms with Gasteiger partial charge in [0, 0.05) is 31.1 Å². The Labute approximate surface area is 178 Å². The first-order chi connectivity index (χ1) is 12.6. The molecule has 0 saturated carbocycles. The lowest BCUT2D eigenvalue weighted by molar-refractivity contribution is -0.0971. The monoisotopic (exact) mass is 481 g/mol. The zero-order chi connectivity index (χ0) is 18.4. The molecule has 2 aromatic rings. The maximum atomic E-state index is 6.08. The Morgan fingerprint density at radius 2 is 1.89 bits per heavy atom. The van der Waals surface area contributed by atoms with E-state index in [0.717, 1.165) is 42.8 Å². The minimum atomic E-state index is 0. The van der Waals surface area contributed by atoms with Gasteiger partial charge in [-0.05, 0) is 30.7 Å². The number of aryl methyl sites for hydroxylation is 1. The molecule has 0 unspecified atom stereocenters. The van der Waals surface area contributed by atoms with E-state index in [9.17, 15) is 0 Å². The Hall–Kier alpha value is -1.80. The summed E-state index contributed by atoms with van der Waals surface area (Å²) in [6.45, 7) is 7.34. The van der Waals surface area contributed by atoms with E-state index in [4.69, 9.17) is 9.47 Å². The highest BCUT2D eigenvalue weighted by Gasteiger charge is 2.33. The van der Waals surface area contributed by atoms with E-state index in [-0.39, 0.29) is 29.4 Å². The van der Waals surface area contributed by atoms with Crippen LogP contribution in [0.25, 0.3) is 0 Å². The summed E-state index contributed by atoms with van der Waals surface area (Å²) in [6, 6.07) is 16.1. The van der Waals surface area contributed by atoms with Crippen LogP contribution in [-0.4, -0.2) is 32.8 Å². The summed E-state index contributed by atoms with van der Waals surface area (Å²) in [7, 11) is 1.78. The van der Waals surface area contributed by atoms with Crippen molar-refractivity contribution >= 4 is 29.9 Å². The number of benzene rings is 2. The second kappa shape index (κ2) is 9.94. The molecule has 0 spiro atoms. The van der Waals surface area contributed by atoms with Gasteiger partial charge in [-0.3, -0.25) is 4.99 Å². The van der Waals surface area contributed by atoms with Crippen molar-refractivity contribution in [3.8, 4) is 11.5 Å². The second-order valence-electron chi connectivity index (χ2n) is 7.11. The van der Waals surface area contributed by atoms with E-state index in [2.05, 4.69) is 47.7 Å². The summed E-state index contributed by atoms with van der Waals surface area (Å²) in [6.07, 6.45) is 0. The first-order valence-corrected chi connectivity index (χ1v) is 8.93. The van der Waals surface area contributed by atoms with Crippen LogP contribution in [0, 0.1) is 12.3 Å². The smallest absolute Gasteiger partial charge is 0.191 e. The molecule has 5 nitrogen and oxygen atoms in total. The molecule has 0 aliphatic carbocycles. The predicted molar refractivity (Wildman–Crippen MR) is 120 cm³/mol. The summed E-state index contributed by atoms with van der Waals surface area (Å²) < 4.78 is 11.4. The Morgan fingerprint density at radius 3 is 2.52 bits per heavy atom. The van der Waals surface area contributed by atoms with Crippen molar-refractivity contribution in [1.82, 2.24) is 10.6 Å². The fourth-order valence-corrected chi connectivity index (χ4v) is 2.77. The minimum Gasteiger partial charge on any atom is -0.457 e. The minimum absolute atomic E-state index is 0. The van der Waals surface area contributed by atoms with Crippen molar-refractivity contribution in [2.24, 2.45) is 10.4 Å². The number of halogens is 1. The van der Waals surface area contributed by atoms with Gasteiger partial charge in [-0.2, -0.15) is 0 Å². The molecule has 1 aliphatic rings. The Bertz CT molecular complexity index is 761. The van der Waals surface area contributed by atoms with Crippen molar-refractivity contribution in [1.29, 1.82) is 0 Å². The fraction of sp³-hybridized carbons (Fsp3) is 0.381. The molecule has 3 rings (SSSR count). The fourth-order valence-electron chi connectivity index (χ4n) is 2.77. The third-order valence-electron chi connectivity index (χ3n) is 4.45. The molecule has 1 fully saturated rings. The summed E-state index contributed by atoms with van der Waals surface area (Å²) in [4.78, 5) is 4.31. The van der Waals surface area contributed by atoms with Crippen molar-refractivity contribution in [2.45, 2.75) is 20.4 Å². The topological polar surface area (TPSA) is 54.9 Å². The van der Waals surface area contributed by atoms with Gasteiger partial charge < -0.3 is 20.1 Å². The van der Waals surface area contributed by atoms with Gasteiger partial charge in [-0.15, -0.1) is 24.0 Å². The van der Waals surface area contributed by atoms with E-state index in [0.29, 0.717) is 6.54 Å². The van der Waals surface area contributed by atoms with Crippen LogP contribution in [0.5, 0.6) is 11.5 Å². The SMILES string of the molecule is CN=C(NCc1ccc(C)cc1Oc1ccccc1)NCC1(C)COC1.I. The van der Waals surface area contributed by atoms with E-state index in [1.54, 1.807) is 7.05 Å². The van der Waals surface area contributed by atoms with Gasteiger partial charge in [0.25, 0.3) is 0 Å². The van der Waals surface area contributed by atoms with Crippen LogP contribution in [0.15, 0.2) is 53.5 Å². The number of aliphatic imine (C=N–C) groups is 1. The molecule has 2 aromatic carbocycles. The van der Waals surface area contributed by atoms with Crippen molar-refractivity contribution in [3.05, 3.63) is 59.7 Å². The Kier molecular flexibility index (Phi) is 7.91. The van der Waals surface area contributed by atoms with Crippen LogP contribution in [0.1, 0.15) is 18.1 Å². The molecular formula is C21H28IN3O2. The molecule has 0 bridgehead atoms. The van der Waals surface area contributed by atoms with E-state index >= 15 is 0 Å². The standard InChI is InChI=1S/C21H27N3O2.HI/c1-16-9-10-17(19(11-16)26-18-7-5-4-6-8-18)12-23-20(22-3)24-13-21(2)14-25-15-21;/h4-11H,12-15H2,1-3H3,(H2,22,23,24);1H. The number of guanidine groups is 1. The summed E-state index contributed by atoms with van der Waals surface area (Å²) in [5.41, 5.74) is 2.45. The molecule has 6 heteroatoms. The average molecular weight is 481 g/mol. The van der Waals surface area contributed by atoms with Gasteiger partial charge in [-0.1, -0.05) is 37.3 Å². The molecule has 0 radical (unpaired) electrons. The number of ether oxygens (including phenoxy) is 2. The maximum Gasteiger partial charge on any atom is 0.191 e. The molecule has 27 heavy (non-hydrogen) atoms. The zero-order valence-corrected chi connectivity index (χ0v) is 18.4. The van der Waals surface area contributed by atoms with Crippen LogP contribution >= 0.6 is 24.0 Å². The first-order valence-electron chi connectivity index (χ1n) is 8.93. The lowest BCUT2D eigenvalue weighted by Crippen LogP contribution is -2.50. The number of rotatable bonds is 6. The maximum absolute atomic E-state index is 6.08. The van der Waals surface area contributed by atoms with Crippen LogP contribution in [0.4, 0.5) is 0 Å². The highest BCUT2D eigenvalue weighted by Crippen LogP contribution is 2.27. The van der Waals surface area contributed by atoms with Gasteiger partial charge in [-0.25, -0.2) is 0 Å². The molecule has 0 aromatic heterocycles. The van der Waals surface area contributed by atoms with Crippen molar-refractivity contribution < 1.29 is 9.47 Å². The zero-order valence-electron chi connectivity index (χ0n) is 16.1. The Morgan fingerprint density at radius 1 is 1.15 bits per heavy atom. The number of para-hydroxylation sites is 1. The quantitative estimate of drug-likeness (QED) is 0.371. The number of hydrogen-bond acceptors (Lipinski definition) is 3. The number of nitrogens with one attached hydrogen (secondary N) is 2. The Balaban J connectivity index is 0.00000261. The number of hydrogen-bond donors (Lipinski definition) is 2. The van der Waals surface area contributed by atoms with Gasteiger partial charge in [0.2, 0.25) is 0 Å². The van der Waals surface area contributed by atoms with Crippen LogP contribution in [0.3, 0.4) is 0 Å². The summed E-state index contributed by atoms with van der Waals surface area (Å²) >= 11 is 0. The predicted octanol–water partition coefficient (Wildman–Crippen LogP) is 4.11. The third-order valence-corrected chi connectivity index (χ3v) is 4.45. The lowest BCUT2D eigenvalue weighted by Gasteiger charge is -2.38. The molecule has 1 saturated heterocycles. The first kappa shape index (κ1) is 21.5. The second-order valence-corrected chi connectivity index (χ2v) is 7.11. The normalized spacial score (nSPS) is 15.3. The van der Waals surface area contributed by atoms with Crippen molar-refractivity contribution in [2.75, 3.05) is 26.8 Å². The molecule has 1 aliphatic heterocycles. The van der Waals surface area contributed by atoms with Crippen LogP contribution < -0.4 is 15.4 Å². The number of nitrogens with zero attached hydrogens (tertiary/aromatic N) is 1. The van der Waals surface area contributed by atoms with E-state index in [1.807, 2.05) is 30.3 Å². The average Bonchev–Trinajstić information content (AvgIpc) is 2.62. The van der Waals surface area contributed by atoms with Gasteiger partial charge in [0.1, 0.15) is 11.5 Å². The van der Waals surface area contributed by atoms with Crippen molar-refractivity contribution in [3.63, 3.8) is 0 Å². The summed E-state index contributed by atoms with van der Waals surface area (Å²) in [5, 5.41) is 6.75. The molecule has 146 valence electrons. The van der Waals surface area contributed by atoms with Gasteiger partial charge >= 0.3 is 0 Å². The van der Waals surface area contributed by atoms with Gasteiger partial charge in [0.05, 0.1) is 13.2 Å². The lowest BCUT2D eigenvalue weighted by atomic mass is 9.89. The molecule has 2 N–H and O–H groups in total.